The molecule has 1 aromatic carbocycles. The molecule has 19 heavy (non-hydrogen) atoms. The lowest BCUT2D eigenvalue weighted by Gasteiger charge is -2.20. The fraction of sp³-hybridized carbons (Fsp3) is 0.308. The zero-order chi connectivity index (χ0) is 13.6. The number of pyridine rings is 1. The van der Waals surface area contributed by atoms with Crippen molar-refractivity contribution in [3.8, 4) is 0 Å². The number of rotatable bonds is 1. The summed E-state index contributed by atoms with van der Waals surface area (Å²) < 4.78 is 14.2. The van der Waals surface area contributed by atoms with E-state index >= 15 is 0 Å². The van der Waals surface area contributed by atoms with Crippen LogP contribution in [0.1, 0.15) is 0 Å². The first-order chi connectivity index (χ1) is 9.08. The van der Waals surface area contributed by atoms with E-state index in [1.54, 1.807) is 23.2 Å². The molecule has 2 heterocycles. The summed E-state index contributed by atoms with van der Waals surface area (Å²) in [5, 5.41) is 19.8. The molecule has 0 amide bonds. The van der Waals surface area contributed by atoms with Crippen molar-refractivity contribution in [3.63, 3.8) is 0 Å². The maximum Gasteiger partial charge on any atom is 0.150 e. The van der Waals surface area contributed by atoms with Gasteiger partial charge in [0.15, 0.2) is 5.82 Å². The van der Waals surface area contributed by atoms with Gasteiger partial charge in [0.2, 0.25) is 0 Å². The topological polar surface area (TPSA) is 82.6 Å². The third-order valence-electron chi connectivity index (χ3n) is 3.43. The molecule has 100 valence electrons. The average molecular weight is 263 g/mol. The highest BCUT2D eigenvalue weighted by atomic mass is 19.1. The van der Waals surface area contributed by atoms with Crippen LogP contribution in [0.15, 0.2) is 24.4 Å². The molecule has 3 rings (SSSR count). The monoisotopic (exact) mass is 263 g/mol. The molecule has 1 saturated heterocycles. The lowest BCUT2D eigenvalue weighted by atomic mass is 10.1. The fourth-order valence-electron chi connectivity index (χ4n) is 2.48. The third-order valence-corrected chi connectivity index (χ3v) is 3.43. The Morgan fingerprint density at radius 2 is 2.00 bits per heavy atom. The molecule has 1 aliphatic rings. The minimum absolute atomic E-state index is 0.174. The van der Waals surface area contributed by atoms with Crippen LogP contribution in [0.25, 0.3) is 10.9 Å². The van der Waals surface area contributed by atoms with Gasteiger partial charge in [0, 0.05) is 30.4 Å². The fourth-order valence-corrected chi connectivity index (χ4v) is 2.48. The molecule has 2 atom stereocenters. The molecule has 1 aliphatic heterocycles. The smallest absolute Gasteiger partial charge is 0.150 e. The van der Waals surface area contributed by atoms with Gasteiger partial charge in [-0.3, -0.25) is 4.98 Å². The van der Waals surface area contributed by atoms with E-state index in [2.05, 4.69) is 4.98 Å². The number of fused-ring (bicyclic) bond motifs is 1. The van der Waals surface area contributed by atoms with Crippen molar-refractivity contribution in [1.29, 1.82) is 0 Å². The summed E-state index contributed by atoms with van der Waals surface area (Å²) in [4.78, 5) is 5.77. The SMILES string of the molecule is Nc1cc(F)c(N2CC(O)C(O)C2)c2ncccc12. The number of aromatic nitrogens is 1. The molecule has 0 spiro atoms. The molecular weight excluding hydrogens is 249 g/mol. The van der Waals surface area contributed by atoms with E-state index in [1.807, 2.05) is 0 Å². The van der Waals surface area contributed by atoms with Gasteiger partial charge in [0.05, 0.1) is 23.4 Å². The number of benzene rings is 1. The Bertz CT molecular complexity index is 625. The number of β-amino-alcohol motifs (C(OH)–C–C–N with tert-alkyl or cyclic N) is 2. The van der Waals surface area contributed by atoms with E-state index in [0.717, 1.165) is 0 Å². The van der Waals surface area contributed by atoms with E-state index in [4.69, 9.17) is 5.73 Å². The number of halogens is 1. The summed E-state index contributed by atoms with van der Waals surface area (Å²) in [7, 11) is 0. The molecule has 0 bridgehead atoms. The molecular formula is C13H14FN3O2. The van der Waals surface area contributed by atoms with Crippen molar-refractivity contribution in [3.05, 3.63) is 30.2 Å². The Labute approximate surface area is 109 Å². The minimum atomic E-state index is -0.879. The molecule has 5 nitrogen and oxygen atoms in total. The number of nitrogen functional groups attached to an aromatic ring is 1. The Hall–Kier alpha value is -1.92. The van der Waals surface area contributed by atoms with Gasteiger partial charge < -0.3 is 20.8 Å². The van der Waals surface area contributed by atoms with Gasteiger partial charge >= 0.3 is 0 Å². The molecule has 0 saturated carbocycles. The van der Waals surface area contributed by atoms with Gasteiger partial charge in [-0.05, 0) is 18.2 Å². The van der Waals surface area contributed by atoms with E-state index in [1.165, 1.54) is 6.07 Å². The van der Waals surface area contributed by atoms with E-state index in [9.17, 15) is 14.6 Å². The summed E-state index contributed by atoms with van der Waals surface area (Å²) in [6.07, 6.45) is -0.195. The Morgan fingerprint density at radius 3 is 2.68 bits per heavy atom. The van der Waals surface area contributed by atoms with E-state index < -0.39 is 18.0 Å². The number of anilines is 2. The predicted molar refractivity (Wildman–Crippen MR) is 70.3 cm³/mol. The number of aliphatic hydroxyl groups excluding tert-OH is 2. The summed E-state index contributed by atoms with van der Waals surface area (Å²) in [6.45, 7) is 0.349. The largest absolute Gasteiger partial charge is 0.398 e. The number of aliphatic hydroxyl groups is 2. The first-order valence-electron chi connectivity index (χ1n) is 6.01. The Kier molecular flexibility index (Phi) is 2.76. The molecule has 0 radical (unpaired) electrons. The quantitative estimate of drug-likeness (QED) is 0.653. The van der Waals surface area contributed by atoms with Crippen molar-refractivity contribution >= 4 is 22.3 Å². The van der Waals surface area contributed by atoms with Crippen LogP contribution in [-0.4, -0.2) is 40.5 Å². The summed E-state index contributed by atoms with van der Waals surface area (Å²) in [6, 6.07) is 4.74. The van der Waals surface area contributed by atoms with Gasteiger partial charge in [-0.1, -0.05) is 0 Å². The second-order valence-electron chi connectivity index (χ2n) is 4.74. The molecule has 4 N–H and O–H groups in total. The van der Waals surface area contributed by atoms with Gasteiger partial charge in [0.25, 0.3) is 0 Å². The molecule has 1 aromatic heterocycles. The molecule has 6 heteroatoms. The summed E-state index contributed by atoms with van der Waals surface area (Å²) >= 11 is 0. The normalized spacial score (nSPS) is 23.2. The molecule has 0 aliphatic carbocycles. The first kappa shape index (κ1) is 12.1. The molecule has 2 unspecified atom stereocenters. The van der Waals surface area contributed by atoms with Crippen LogP contribution in [0.5, 0.6) is 0 Å². The van der Waals surface area contributed by atoms with Crippen molar-refractivity contribution < 1.29 is 14.6 Å². The lowest BCUT2D eigenvalue weighted by Crippen LogP contribution is -2.23. The maximum atomic E-state index is 14.2. The van der Waals surface area contributed by atoms with Crippen LogP contribution >= 0.6 is 0 Å². The highest BCUT2D eigenvalue weighted by Crippen LogP contribution is 2.34. The highest BCUT2D eigenvalue weighted by molar-refractivity contribution is 5.99. The van der Waals surface area contributed by atoms with E-state index in [0.29, 0.717) is 16.6 Å². The highest BCUT2D eigenvalue weighted by Gasteiger charge is 2.32. The summed E-state index contributed by atoms with van der Waals surface area (Å²) in [5.41, 5.74) is 6.83. The van der Waals surface area contributed by atoms with Crippen LogP contribution in [0.2, 0.25) is 0 Å². The van der Waals surface area contributed by atoms with Gasteiger partial charge in [-0.25, -0.2) is 4.39 Å². The van der Waals surface area contributed by atoms with Crippen LogP contribution in [0.3, 0.4) is 0 Å². The standard InChI is InChI=1S/C13H14FN3O2/c14-8-4-9(15)7-2-1-3-16-12(7)13(8)17-5-10(18)11(19)6-17/h1-4,10-11,18-19H,5-6,15H2. The van der Waals surface area contributed by atoms with Crippen molar-refractivity contribution in [2.45, 2.75) is 12.2 Å². The van der Waals surface area contributed by atoms with Gasteiger partial charge in [-0.15, -0.1) is 0 Å². The van der Waals surface area contributed by atoms with Gasteiger partial charge in [0.1, 0.15) is 0 Å². The second-order valence-corrected chi connectivity index (χ2v) is 4.74. The summed E-state index contributed by atoms with van der Waals surface area (Å²) in [5.74, 6) is -0.495. The second kappa shape index (κ2) is 4.32. The van der Waals surface area contributed by atoms with Crippen LogP contribution < -0.4 is 10.6 Å². The Morgan fingerprint density at radius 1 is 1.32 bits per heavy atom. The third kappa shape index (κ3) is 1.89. The zero-order valence-corrected chi connectivity index (χ0v) is 10.1. The van der Waals surface area contributed by atoms with Crippen LogP contribution in [0.4, 0.5) is 15.8 Å². The minimum Gasteiger partial charge on any atom is -0.398 e. The van der Waals surface area contributed by atoms with Crippen LogP contribution in [-0.2, 0) is 0 Å². The van der Waals surface area contributed by atoms with Crippen molar-refractivity contribution in [1.82, 2.24) is 4.98 Å². The molecule has 2 aromatic rings. The number of nitrogens with two attached hydrogens (primary N) is 1. The number of hydrogen-bond acceptors (Lipinski definition) is 5. The van der Waals surface area contributed by atoms with Gasteiger partial charge in [-0.2, -0.15) is 0 Å². The van der Waals surface area contributed by atoms with Crippen molar-refractivity contribution in [2.24, 2.45) is 0 Å². The zero-order valence-electron chi connectivity index (χ0n) is 10.1. The predicted octanol–water partition coefficient (Wildman–Crippen LogP) is 0.498. The lowest BCUT2D eigenvalue weighted by molar-refractivity contribution is 0.0572. The number of hydrogen-bond donors (Lipinski definition) is 3. The molecule has 1 fully saturated rings. The average Bonchev–Trinajstić information content (AvgIpc) is 2.69. The first-order valence-corrected chi connectivity index (χ1v) is 6.01. The maximum absolute atomic E-state index is 14.2. The number of nitrogens with zero attached hydrogens (tertiary/aromatic N) is 2. The van der Waals surface area contributed by atoms with Crippen LogP contribution in [0, 0.1) is 5.82 Å². The van der Waals surface area contributed by atoms with E-state index in [-0.39, 0.29) is 18.8 Å². The Balaban J connectivity index is 2.18. The van der Waals surface area contributed by atoms with Crippen molar-refractivity contribution in [2.75, 3.05) is 23.7 Å².